The van der Waals surface area contributed by atoms with Crippen molar-refractivity contribution in [2.45, 2.75) is 24.8 Å². The molecule has 0 unspecified atom stereocenters. The molecule has 2 rings (SSSR count). The summed E-state index contributed by atoms with van der Waals surface area (Å²) in [6, 6.07) is 5.62. The second kappa shape index (κ2) is 4.92. The second-order valence-electron chi connectivity index (χ2n) is 4.52. The number of benzene rings is 1. The van der Waals surface area contributed by atoms with Crippen molar-refractivity contribution in [2.75, 3.05) is 13.1 Å². The molecule has 1 fully saturated rings. The van der Waals surface area contributed by atoms with E-state index in [1.54, 1.807) is 6.07 Å². The molecule has 1 aliphatic rings. The summed E-state index contributed by atoms with van der Waals surface area (Å²) in [5.41, 5.74) is 7.34. The van der Waals surface area contributed by atoms with E-state index >= 15 is 0 Å². The molecule has 0 aliphatic carbocycles. The fourth-order valence-corrected chi connectivity index (χ4v) is 2.62. The minimum Gasteiger partial charge on any atom is -0.325 e. The molecule has 1 heterocycles. The van der Waals surface area contributed by atoms with Gasteiger partial charge in [-0.2, -0.15) is 0 Å². The summed E-state index contributed by atoms with van der Waals surface area (Å²) in [5, 5.41) is 4.71. The predicted octanol–water partition coefficient (Wildman–Crippen LogP) is 2.62. The van der Waals surface area contributed by atoms with E-state index in [4.69, 9.17) is 28.9 Å². The number of hydrogen-bond acceptors (Lipinski definition) is 2. The lowest BCUT2D eigenvalue weighted by Gasteiger charge is -2.34. The van der Waals surface area contributed by atoms with Crippen LogP contribution in [0.1, 0.15) is 18.4 Å². The van der Waals surface area contributed by atoms with Gasteiger partial charge in [0.2, 0.25) is 0 Å². The van der Waals surface area contributed by atoms with Crippen LogP contribution in [-0.4, -0.2) is 18.6 Å². The van der Waals surface area contributed by atoms with Crippen LogP contribution >= 0.6 is 23.2 Å². The summed E-state index contributed by atoms with van der Waals surface area (Å²) >= 11 is 12.0. The highest BCUT2D eigenvalue weighted by Crippen LogP contribution is 2.27. The van der Waals surface area contributed by atoms with Gasteiger partial charge in [0.25, 0.3) is 0 Å². The molecule has 0 spiro atoms. The molecular formula is C12H16Cl2N2. The molecule has 0 amide bonds. The lowest BCUT2D eigenvalue weighted by atomic mass is 9.83. The lowest BCUT2D eigenvalue weighted by Crippen LogP contribution is -2.50. The van der Waals surface area contributed by atoms with Crippen molar-refractivity contribution in [1.82, 2.24) is 5.32 Å². The standard InChI is InChI=1S/C12H16Cl2N2/c13-10-2-1-9(11(14)7-10)8-12(15)3-5-16-6-4-12/h1-2,7,16H,3-6,8,15H2. The molecule has 16 heavy (non-hydrogen) atoms. The van der Waals surface area contributed by atoms with Gasteiger partial charge < -0.3 is 11.1 Å². The topological polar surface area (TPSA) is 38.0 Å². The van der Waals surface area contributed by atoms with E-state index in [2.05, 4.69) is 5.32 Å². The third-order valence-corrected chi connectivity index (χ3v) is 3.74. The van der Waals surface area contributed by atoms with Gasteiger partial charge in [-0.1, -0.05) is 29.3 Å². The Kier molecular flexibility index (Phi) is 3.75. The van der Waals surface area contributed by atoms with Crippen LogP contribution in [-0.2, 0) is 6.42 Å². The monoisotopic (exact) mass is 258 g/mol. The Morgan fingerprint density at radius 3 is 2.56 bits per heavy atom. The molecule has 1 aliphatic heterocycles. The van der Waals surface area contributed by atoms with Crippen molar-refractivity contribution in [3.63, 3.8) is 0 Å². The summed E-state index contributed by atoms with van der Waals surface area (Å²) in [5.74, 6) is 0. The van der Waals surface area contributed by atoms with Crippen molar-refractivity contribution in [3.05, 3.63) is 33.8 Å². The summed E-state index contributed by atoms with van der Waals surface area (Å²) in [6.45, 7) is 1.98. The first-order valence-electron chi connectivity index (χ1n) is 5.53. The summed E-state index contributed by atoms with van der Waals surface area (Å²) in [4.78, 5) is 0. The third-order valence-electron chi connectivity index (χ3n) is 3.16. The van der Waals surface area contributed by atoms with Crippen molar-refractivity contribution in [3.8, 4) is 0 Å². The first kappa shape index (κ1) is 12.2. The summed E-state index contributed by atoms with van der Waals surface area (Å²) in [7, 11) is 0. The average Bonchev–Trinajstić information content (AvgIpc) is 2.23. The molecule has 0 radical (unpaired) electrons. The van der Waals surface area contributed by atoms with Crippen LogP contribution in [0.15, 0.2) is 18.2 Å². The Hall–Kier alpha value is -0.280. The first-order valence-corrected chi connectivity index (χ1v) is 6.28. The van der Waals surface area contributed by atoms with Crippen LogP contribution in [0.5, 0.6) is 0 Å². The Morgan fingerprint density at radius 2 is 1.94 bits per heavy atom. The maximum Gasteiger partial charge on any atom is 0.0453 e. The highest BCUT2D eigenvalue weighted by atomic mass is 35.5. The Bertz CT molecular complexity index is 373. The minimum absolute atomic E-state index is 0.122. The maximum atomic E-state index is 6.37. The Labute approximate surface area is 106 Å². The number of nitrogens with one attached hydrogen (secondary N) is 1. The van der Waals surface area contributed by atoms with Crippen LogP contribution in [0.3, 0.4) is 0 Å². The molecule has 1 saturated heterocycles. The summed E-state index contributed by atoms with van der Waals surface area (Å²) in [6.07, 6.45) is 2.81. The zero-order chi connectivity index (χ0) is 11.6. The van der Waals surface area contributed by atoms with Gasteiger partial charge in [0, 0.05) is 15.6 Å². The molecule has 0 bridgehead atoms. The smallest absolute Gasteiger partial charge is 0.0453 e. The first-order chi connectivity index (χ1) is 7.59. The van der Waals surface area contributed by atoms with Gasteiger partial charge in [-0.3, -0.25) is 0 Å². The molecule has 0 atom stereocenters. The zero-order valence-corrected chi connectivity index (χ0v) is 10.6. The van der Waals surface area contributed by atoms with Gasteiger partial charge in [-0.05, 0) is 50.0 Å². The third kappa shape index (κ3) is 2.89. The van der Waals surface area contributed by atoms with Crippen LogP contribution in [0, 0.1) is 0 Å². The SMILES string of the molecule is NC1(Cc2ccc(Cl)cc2Cl)CCNCC1. The van der Waals surface area contributed by atoms with Crippen molar-refractivity contribution in [2.24, 2.45) is 5.73 Å². The highest BCUT2D eigenvalue weighted by molar-refractivity contribution is 6.35. The molecule has 3 N–H and O–H groups in total. The largest absolute Gasteiger partial charge is 0.325 e. The quantitative estimate of drug-likeness (QED) is 0.856. The highest BCUT2D eigenvalue weighted by Gasteiger charge is 2.28. The van der Waals surface area contributed by atoms with Crippen molar-refractivity contribution >= 4 is 23.2 Å². The van der Waals surface area contributed by atoms with Crippen LogP contribution in [0.25, 0.3) is 0 Å². The van der Waals surface area contributed by atoms with E-state index in [9.17, 15) is 0 Å². The molecule has 2 nitrogen and oxygen atoms in total. The summed E-state index contributed by atoms with van der Waals surface area (Å²) < 4.78 is 0. The average molecular weight is 259 g/mol. The molecule has 88 valence electrons. The lowest BCUT2D eigenvalue weighted by molar-refractivity contribution is 0.308. The van der Waals surface area contributed by atoms with E-state index in [1.165, 1.54) is 0 Å². The van der Waals surface area contributed by atoms with Gasteiger partial charge in [0.05, 0.1) is 0 Å². The molecular weight excluding hydrogens is 243 g/mol. The number of nitrogens with two attached hydrogens (primary N) is 1. The van der Waals surface area contributed by atoms with Gasteiger partial charge >= 0.3 is 0 Å². The number of rotatable bonds is 2. The van der Waals surface area contributed by atoms with E-state index in [-0.39, 0.29) is 5.54 Å². The van der Waals surface area contributed by atoms with Crippen LogP contribution in [0.4, 0.5) is 0 Å². The molecule has 0 aromatic heterocycles. The van der Waals surface area contributed by atoms with E-state index in [0.717, 1.165) is 42.9 Å². The van der Waals surface area contributed by atoms with Gasteiger partial charge in [-0.25, -0.2) is 0 Å². The fourth-order valence-electron chi connectivity index (χ4n) is 2.15. The Morgan fingerprint density at radius 1 is 1.25 bits per heavy atom. The molecule has 4 heteroatoms. The fraction of sp³-hybridized carbons (Fsp3) is 0.500. The predicted molar refractivity (Wildman–Crippen MR) is 69.2 cm³/mol. The van der Waals surface area contributed by atoms with E-state index in [1.807, 2.05) is 12.1 Å². The molecule has 1 aromatic carbocycles. The second-order valence-corrected chi connectivity index (χ2v) is 5.37. The van der Waals surface area contributed by atoms with E-state index in [0.29, 0.717) is 5.02 Å². The Balaban J connectivity index is 2.13. The van der Waals surface area contributed by atoms with Gasteiger partial charge in [0.1, 0.15) is 0 Å². The van der Waals surface area contributed by atoms with Gasteiger partial charge in [-0.15, -0.1) is 0 Å². The molecule has 0 saturated carbocycles. The maximum absolute atomic E-state index is 6.37. The normalized spacial score (nSPS) is 19.7. The zero-order valence-electron chi connectivity index (χ0n) is 9.10. The van der Waals surface area contributed by atoms with Crippen LogP contribution in [0.2, 0.25) is 10.0 Å². The van der Waals surface area contributed by atoms with Crippen LogP contribution < -0.4 is 11.1 Å². The molecule has 1 aromatic rings. The van der Waals surface area contributed by atoms with E-state index < -0.39 is 0 Å². The number of hydrogen-bond donors (Lipinski definition) is 2. The van der Waals surface area contributed by atoms with Crippen molar-refractivity contribution < 1.29 is 0 Å². The number of piperidine rings is 1. The van der Waals surface area contributed by atoms with Crippen molar-refractivity contribution in [1.29, 1.82) is 0 Å². The van der Waals surface area contributed by atoms with Gasteiger partial charge in [0.15, 0.2) is 0 Å². The number of halogens is 2. The minimum atomic E-state index is -0.122.